The van der Waals surface area contributed by atoms with Gasteiger partial charge in [0.1, 0.15) is 8.07 Å². The third kappa shape index (κ3) is 9.15. The molecule has 0 amide bonds. The topological polar surface area (TPSA) is 0 Å². The van der Waals surface area contributed by atoms with Crippen molar-refractivity contribution in [2.24, 2.45) is 0 Å². The molecule has 2 atom stereocenters. The van der Waals surface area contributed by atoms with Gasteiger partial charge in [-0.1, -0.05) is 190 Å². The Morgan fingerprint density at radius 3 is 1.27 bits per heavy atom. The van der Waals surface area contributed by atoms with E-state index in [1.165, 1.54) is 76.8 Å². The quantitative estimate of drug-likeness (QED) is 0.128. The first-order chi connectivity index (χ1) is 24.5. The molecule has 56 heavy (non-hydrogen) atoms. The van der Waals surface area contributed by atoms with Crippen molar-refractivity contribution < 1.29 is 58.9 Å². The molecule has 5 aromatic carbocycles. The molecule has 2 unspecified atom stereocenters. The van der Waals surface area contributed by atoms with Gasteiger partial charge in [0.05, 0.1) is 0 Å². The van der Waals surface area contributed by atoms with E-state index in [0.29, 0.717) is 0 Å². The van der Waals surface area contributed by atoms with Gasteiger partial charge < -0.3 is 37.2 Å². The van der Waals surface area contributed by atoms with E-state index in [4.69, 9.17) is 0 Å². The van der Waals surface area contributed by atoms with Crippen LogP contribution in [0.1, 0.15) is 105 Å². The van der Waals surface area contributed by atoms with Gasteiger partial charge in [0.2, 0.25) is 0 Å². The van der Waals surface area contributed by atoms with E-state index in [2.05, 4.69) is 204 Å². The maximum Gasteiger partial charge on any atom is 4.00 e. The molecule has 0 saturated carbocycles. The van der Waals surface area contributed by atoms with Crippen LogP contribution in [0.25, 0.3) is 22.3 Å². The molecular formula is C51H59Cl3SiTi. The van der Waals surface area contributed by atoms with Crippen LogP contribution in [0, 0.1) is 6.08 Å². The van der Waals surface area contributed by atoms with Crippen LogP contribution in [0.2, 0.25) is 5.04 Å². The van der Waals surface area contributed by atoms with Crippen molar-refractivity contribution >= 4 is 23.6 Å². The van der Waals surface area contributed by atoms with Crippen molar-refractivity contribution in [3.05, 3.63) is 160 Å². The molecule has 0 spiro atoms. The van der Waals surface area contributed by atoms with E-state index >= 15 is 0 Å². The molecule has 0 heterocycles. The second-order valence-electron chi connectivity index (χ2n) is 17.5. The van der Waals surface area contributed by atoms with Crippen LogP contribution >= 0.6 is 0 Å². The van der Waals surface area contributed by atoms with E-state index < -0.39 is 8.07 Å². The molecule has 6 rings (SSSR count). The molecule has 0 aliphatic heterocycles. The summed E-state index contributed by atoms with van der Waals surface area (Å²) in [6, 6.07) is 44.9. The van der Waals surface area contributed by atoms with Gasteiger partial charge in [0.25, 0.3) is 0 Å². The molecule has 0 aromatic heterocycles. The third-order valence-corrected chi connectivity index (χ3v) is 17.5. The van der Waals surface area contributed by atoms with Crippen LogP contribution in [0.3, 0.4) is 0 Å². The summed E-state index contributed by atoms with van der Waals surface area (Å²) in [6.45, 7) is 28.4. The molecule has 0 radical (unpaired) electrons. The van der Waals surface area contributed by atoms with Gasteiger partial charge in [-0.3, -0.25) is 6.08 Å². The fourth-order valence-electron chi connectivity index (χ4n) is 8.50. The van der Waals surface area contributed by atoms with Crippen LogP contribution in [-0.4, -0.2) is 8.07 Å². The fourth-order valence-corrected chi connectivity index (χ4v) is 14.6. The van der Waals surface area contributed by atoms with Crippen LogP contribution in [0.5, 0.6) is 0 Å². The number of aryl methyl sites for hydroxylation is 2. The Bertz CT molecular complexity index is 2060. The van der Waals surface area contributed by atoms with Gasteiger partial charge in [-0.25, -0.2) is 5.57 Å². The smallest absolute Gasteiger partial charge is 1.00 e. The second kappa shape index (κ2) is 19.0. The zero-order chi connectivity index (χ0) is 37.6. The summed E-state index contributed by atoms with van der Waals surface area (Å²) in [6.07, 6.45) is 6.29. The average Bonchev–Trinajstić information content (AvgIpc) is 3.33. The van der Waals surface area contributed by atoms with Gasteiger partial charge in [-0.2, -0.15) is 11.1 Å². The predicted molar refractivity (Wildman–Crippen MR) is 230 cm³/mol. The van der Waals surface area contributed by atoms with Crippen LogP contribution in [0.4, 0.5) is 0 Å². The first kappa shape index (κ1) is 49.5. The number of halogens is 3. The summed E-state index contributed by atoms with van der Waals surface area (Å²) in [7, 11) is -3.10. The van der Waals surface area contributed by atoms with E-state index in [0.717, 1.165) is 12.8 Å². The van der Waals surface area contributed by atoms with Crippen molar-refractivity contribution in [1.82, 2.24) is 0 Å². The molecule has 0 fully saturated rings. The van der Waals surface area contributed by atoms with Crippen LogP contribution in [0.15, 0.2) is 132 Å². The summed E-state index contributed by atoms with van der Waals surface area (Å²) in [4.78, 5) is 0. The summed E-state index contributed by atoms with van der Waals surface area (Å²) < 4.78 is 0. The van der Waals surface area contributed by atoms with E-state index in [9.17, 15) is 0 Å². The monoisotopic (exact) mass is 852 g/mol. The Balaban J connectivity index is 0.00000271. The van der Waals surface area contributed by atoms with Crippen molar-refractivity contribution in [2.75, 3.05) is 0 Å². The molecule has 0 nitrogen and oxygen atoms in total. The molecule has 5 aromatic rings. The molecule has 0 N–H and O–H groups in total. The van der Waals surface area contributed by atoms with Gasteiger partial charge >= 0.3 is 21.7 Å². The predicted octanol–water partition coefficient (Wildman–Crippen LogP) is 3.08. The molecule has 0 bridgehead atoms. The molecular weight excluding hydrogens is 795 g/mol. The second-order valence-corrected chi connectivity index (χ2v) is 21.7. The zero-order valence-electron chi connectivity index (χ0n) is 35.5. The van der Waals surface area contributed by atoms with Crippen molar-refractivity contribution in [3.8, 4) is 22.3 Å². The summed E-state index contributed by atoms with van der Waals surface area (Å²) in [5, 5.41) is 4.04. The van der Waals surface area contributed by atoms with Gasteiger partial charge in [-0.15, -0.1) is 6.92 Å². The fraction of sp³-hybridized carbons (Fsp3) is 0.333. The van der Waals surface area contributed by atoms with Crippen molar-refractivity contribution in [1.29, 1.82) is 0 Å². The number of allylic oxidation sites excluding steroid dienone is 4. The van der Waals surface area contributed by atoms with Crippen LogP contribution in [-0.2, 0) is 45.4 Å². The number of rotatable bonds is 8. The van der Waals surface area contributed by atoms with E-state index in [-0.39, 0.29) is 74.8 Å². The molecule has 0 saturated heterocycles. The van der Waals surface area contributed by atoms with Crippen molar-refractivity contribution in [2.45, 2.75) is 112 Å². The first-order valence-corrected chi connectivity index (χ1v) is 21.4. The van der Waals surface area contributed by atoms with E-state index in [1.54, 1.807) is 0 Å². The average molecular weight is 854 g/mol. The molecule has 292 valence electrons. The van der Waals surface area contributed by atoms with Crippen molar-refractivity contribution in [3.63, 3.8) is 0 Å². The first-order valence-electron chi connectivity index (χ1n) is 19.4. The minimum atomic E-state index is -3.10. The Hall–Kier alpha value is -2.62. The summed E-state index contributed by atoms with van der Waals surface area (Å²) >= 11 is 0. The summed E-state index contributed by atoms with van der Waals surface area (Å²) in [5.74, 6) is 0. The molecule has 5 heteroatoms. The third-order valence-electron chi connectivity index (χ3n) is 12.0. The van der Waals surface area contributed by atoms with Gasteiger partial charge in [-0.05, 0) is 89.8 Å². The number of benzene rings is 5. The number of hydrogen-bond donors (Lipinski definition) is 0. The maximum absolute atomic E-state index is 4.28. The van der Waals surface area contributed by atoms with E-state index in [1.807, 2.05) is 0 Å². The SMILES string of the molecule is CCc1cc(CC)cc([Si](c2cc(-c3ccccc3)cc(-c3ccccc3)c2)(c2cc(C(C)(C)C)cc(C(C)(C)C)c2)C2(C)[C-]=C(C)C(C)=C2C)c1.[Cl-].[Cl-].[Cl-].[Ti+4]. The Morgan fingerprint density at radius 2 is 0.911 bits per heavy atom. The molecule has 1 aliphatic rings. The standard InChI is InChI=1S/C51H59Si.3ClH.Ti/c1-13-38-25-39(14-2)27-46(26-38)52(51(12)34-35(3)36(4)37(51)5,48-32-44(49(6,7)8)31-45(33-48)50(9,10)11)47-29-42(40-21-17-15-18-22-40)28-43(30-47)41-23-19-16-20-24-41;;;;/h15-33H,13-14H2,1-12H3;3*1H;/q-1;;;;+4/p-3. The Kier molecular flexibility index (Phi) is 16.8. The molecule has 1 aliphatic carbocycles. The van der Waals surface area contributed by atoms with Gasteiger partial charge in [0, 0.05) is 0 Å². The Morgan fingerprint density at radius 1 is 0.518 bits per heavy atom. The minimum Gasteiger partial charge on any atom is -1.00 e. The maximum atomic E-state index is 4.28. The minimum absolute atomic E-state index is 0. The zero-order valence-corrected chi connectivity index (χ0v) is 40.3. The van der Waals surface area contributed by atoms with Gasteiger partial charge in [0.15, 0.2) is 0 Å². The van der Waals surface area contributed by atoms with Crippen LogP contribution < -0.4 is 52.8 Å². The summed E-state index contributed by atoms with van der Waals surface area (Å²) in [5.41, 5.74) is 14.7. The largest absolute Gasteiger partial charge is 4.00 e. The normalized spacial score (nSPS) is 16.4. The Labute approximate surface area is 374 Å². The number of hydrogen-bond acceptors (Lipinski definition) is 0.